The van der Waals surface area contributed by atoms with Crippen molar-refractivity contribution in [3.8, 4) is 0 Å². The van der Waals surface area contributed by atoms with E-state index < -0.39 is 0 Å². The normalized spacial score (nSPS) is 29.5. The SMILES string of the molecule is Cc1nc(CCNC2CCCC(C)C2C)cs1. The second kappa shape index (κ2) is 5.96. The topological polar surface area (TPSA) is 24.9 Å². The molecule has 0 spiro atoms. The zero-order chi connectivity index (χ0) is 12.3. The van der Waals surface area contributed by atoms with Gasteiger partial charge in [0.25, 0.3) is 0 Å². The minimum Gasteiger partial charge on any atom is -0.313 e. The van der Waals surface area contributed by atoms with E-state index in [1.54, 1.807) is 11.3 Å². The van der Waals surface area contributed by atoms with Gasteiger partial charge in [0.05, 0.1) is 10.7 Å². The Labute approximate surface area is 109 Å². The highest BCUT2D eigenvalue weighted by Crippen LogP contribution is 2.29. The summed E-state index contributed by atoms with van der Waals surface area (Å²) in [6.07, 6.45) is 5.22. The Balaban J connectivity index is 1.74. The maximum Gasteiger partial charge on any atom is 0.0897 e. The third-order valence-electron chi connectivity index (χ3n) is 4.16. The Kier molecular flexibility index (Phi) is 4.57. The van der Waals surface area contributed by atoms with Gasteiger partial charge in [0.15, 0.2) is 0 Å². The first-order chi connectivity index (χ1) is 8.16. The molecule has 1 saturated carbocycles. The third kappa shape index (κ3) is 3.52. The van der Waals surface area contributed by atoms with Gasteiger partial charge in [0.2, 0.25) is 0 Å². The van der Waals surface area contributed by atoms with Crippen LogP contribution in [0, 0.1) is 18.8 Å². The van der Waals surface area contributed by atoms with E-state index in [0.29, 0.717) is 0 Å². The standard InChI is InChI=1S/C14H24N2S/c1-10-5-4-6-14(11(10)2)15-8-7-13-9-17-12(3)16-13/h9-11,14-15H,4-8H2,1-3H3. The first kappa shape index (κ1) is 13.0. The van der Waals surface area contributed by atoms with Crippen LogP contribution in [0.2, 0.25) is 0 Å². The number of thiazole rings is 1. The Morgan fingerprint density at radius 2 is 2.24 bits per heavy atom. The van der Waals surface area contributed by atoms with Crippen LogP contribution >= 0.6 is 11.3 Å². The lowest BCUT2D eigenvalue weighted by molar-refractivity contribution is 0.208. The maximum atomic E-state index is 4.51. The number of nitrogens with zero attached hydrogens (tertiary/aromatic N) is 1. The molecule has 0 radical (unpaired) electrons. The minimum atomic E-state index is 0.721. The molecule has 3 unspecified atom stereocenters. The van der Waals surface area contributed by atoms with Crippen LogP contribution in [-0.2, 0) is 6.42 Å². The molecule has 1 fully saturated rings. The van der Waals surface area contributed by atoms with E-state index in [0.717, 1.165) is 30.8 Å². The molecule has 0 saturated heterocycles. The Hall–Kier alpha value is -0.410. The fraction of sp³-hybridized carbons (Fsp3) is 0.786. The van der Waals surface area contributed by atoms with Crippen LogP contribution in [0.15, 0.2) is 5.38 Å². The molecule has 2 nitrogen and oxygen atoms in total. The molecule has 1 aromatic rings. The summed E-state index contributed by atoms with van der Waals surface area (Å²) in [5, 5.41) is 7.09. The second-order valence-corrected chi connectivity index (χ2v) is 6.50. The number of aryl methyl sites for hydroxylation is 1. The zero-order valence-corrected chi connectivity index (χ0v) is 12.0. The average molecular weight is 252 g/mol. The zero-order valence-electron chi connectivity index (χ0n) is 11.2. The largest absolute Gasteiger partial charge is 0.313 e. The Morgan fingerprint density at radius 3 is 2.94 bits per heavy atom. The van der Waals surface area contributed by atoms with Gasteiger partial charge in [0.1, 0.15) is 0 Å². The summed E-state index contributed by atoms with van der Waals surface area (Å²) >= 11 is 1.75. The minimum absolute atomic E-state index is 0.721. The molecule has 1 aliphatic rings. The van der Waals surface area contributed by atoms with Crippen LogP contribution in [-0.4, -0.2) is 17.6 Å². The predicted molar refractivity (Wildman–Crippen MR) is 74.5 cm³/mol. The predicted octanol–water partition coefficient (Wildman–Crippen LogP) is 3.41. The molecule has 3 heteroatoms. The van der Waals surface area contributed by atoms with Crippen LogP contribution in [0.25, 0.3) is 0 Å². The molecule has 0 amide bonds. The number of rotatable bonds is 4. The molecule has 1 heterocycles. The summed E-state index contributed by atoms with van der Waals surface area (Å²) < 4.78 is 0. The molecule has 0 aromatic carbocycles. The van der Waals surface area contributed by atoms with Gasteiger partial charge < -0.3 is 5.32 Å². The summed E-state index contributed by atoms with van der Waals surface area (Å²) in [5.74, 6) is 1.70. The molecule has 17 heavy (non-hydrogen) atoms. The van der Waals surface area contributed by atoms with Gasteiger partial charge in [0, 0.05) is 24.4 Å². The monoisotopic (exact) mass is 252 g/mol. The van der Waals surface area contributed by atoms with E-state index in [9.17, 15) is 0 Å². The summed E-state index contributed by atoms with van der Waals surface area (Å²) in [6.45, 7) is 7.94. The van der Waals surface area contributed by atoms with Gasteiger partial charge in [-0.1, -0.05) is 26.7 Å². The molecule has 1 N–H and O–H groups in total. The first-order valence-electron chi connectivity index (χ1n) is 6.81. The third-order valence-corrected chi connectivity index (χ3v) is 4.98. The van der Waals surface area contributed by atoms with Crippen molar-refractivity contribution in [2.24, 2.45) is 11.8 Å². The Bertz CT molecular complexity index is 348. The fourth-order valence-corrected chi connectivity index (χ4v) is 3.43. The lowest BCUT2D eigenvalue weighted by Crippen LogP contribution is -2.41. The van der Waals surface area contributed by atoms with Gasteiger partial charge >= 0.3 is 0 Å². The molecule has 0 bridgehead atoms. The van der Waals surface area contributed by atoms with Crippen molar-refractivity contribution in [2.75, 3.05) is 6.54 Å². The molecule has 3 atom stereocenters. The van der Waals surface area contributed by atoms with E-state index in [1.807, 2.05) is 0 Å². The van der Waals surface area contributed by atoms with Crippen LogP contribution in [0.4, 0.5) is 0 Å². The van der Waals surface area contributed by atoms with Crippen molar-refractivity contribution in [1.82, 2.24) is 10.3 Å². The Morgan fingerprint density at radius 1 is 1.41 bits per heavy atom. The van der Waals surface area contributed by atoms with E-state index in [2.05, 4.69) is 36.5 Å². The van der Waals surface area contributed by atoms with E-state index in [4.69, 9.17) is 0 Å². The molecule has 1 aliphatic carbocycles. The number of hydrogen-bond donors (Lipinski definition) is 1. The molecule has 96 valence electrons. The number of nitrogens with one attached hydrogen (secondary N) is 1. The maximum absolute atomic E-state index is 4.51. The van der Waals surface area contributed by atoms with Crippen molar-refractivity contribution in [1.29, 1.82) is 0 Å². The van der Waals surface area contributed by atoms with Gasteiger partial charge in [-0.15, -0.1) is 11.3 Å². The first-order valence-corrected chi connectivity index (χ1v) is 7.69. The van der Waals surface area contributed by atoms with E-state index in [-0.39, 0.29) is 0 Å². The smallest absolute Gasteiger partial charge is 0.0897 e. The highest BCUT2D eigenvalue weighted by molar-refractivity contribution is 7.09. The van der Waals surface area contributed by atoms with Crippen molar-refractivity contribution < 1.29 is 0 Å². The van der Waals surface area contributed by atoms with Crippen molar-refractivity contribution in [2.45, 2.75) is 52.5 Å². The van der Waals surface area contributed by atoms with Crippen molar-refractivity contribution in [3.63, 3.8) is 0 Å². The summed E-state index contributed by atoms with van der Waals surface area (Å²) in [6, 6.07) is 0.721. The van der Waals surface area contributed by atoms with Crippen molar-refractivity contribution >= 4 is 11.3 Å². The lowest BCUT2D eigenvalue weighted by Gasteiger charge is -2.34. The van der Waals surface area contributed by atoms with Gasteiger partial charge in [-0.25, -0.2) is 4.98 Å². The second-order valence-electron chi connectivity index (χ2n) is 5.44. The highest BCUT2D eigenvalue weighted by atomic mass is 32.1. The molecule has 0 aliphatic heterocycles. The lowest BCUT2D eigenvalue weighted by atomic mass is 9.78. The highest BCUT2D eigenvalue weighted by Gasteiger charge is 2.26. The number of hydrogen-bond acceptors (Lipinski definition) is 3. The van der Waals surface area contributed by atoms with Crippen molar-refractivity contribution in [3.05, 3.63) is 16.1 Å². The van der Waals surface area contributed by atoms with Crippen LogP contribution in [0.1, 0.15) is 43.8 Å². The molecular weight excluding hydrogens is 228 g/mol. The molecule has 2 rings (SSSR count). The van der Waals surface area contributed by atoms with Crippen LogP contribution < -0.4 is 5.32 Å². The molecule has 1 aromatic heterocycles. The summed E-state index contributed by atoms with van der Waals surface area (Å²) in [4.78, 5) is 4.51. The van der Waals surface area contributed by atoms with E-state index >= 15 is 0 Å². The van der Waals surface area contributed by atoms with Gasteiger partial charge in [-0.3, -0.25) is 0 Å². The number of aromatic nitrogens is 1. The van der Waals surface area contributed by atoms with Gasteiger partial charge in [-0.05, 0) is 25.2 Å². The quantitative estimate of drug-likeness (QED) is 0.888. The van der Waals surface area contributed by atoms with Gasteiger partial charge in [-0.2, -0.15) is 0 Å². The summed E-state index contributed by atoms with van der Waals surface area (Å²) in [5.41, 5.74) is 1.25. The fourth-order valence-electron chi connectivity index (χ4n) is 2.78. The summed E-state index contributed by atoms with van der Waals surface area (Å²) in [7, 11) is 0. The van der Waals surface area contributed by atoms with Crippen LogP contribution in [0.3, 0.4) is 0 Å². The molecular formula is C14H24N2S. The van der Waals surface area contributed by atoms with E-state index in [1.165, 1.54) is 30.0 Å². The average Bonchev–Trinajstić information content (AvgIpc) is 2.70. The van der Waals surface area contributed by atoms with Crippen LogP contribution in [0.5, 0.6) is 0 Å².